The number of benzene rings is 1. The number of nitrogens with one attached hydrogen (secondary N) is 3. The number of quaternary nitrogens is 1. The normalized spacial score (nSPS) is 22.7. The summed E-state index contributed by atoms with van der Waals surface area (Å²) in [4.78, 5) is 47.0. The van der Waals surface area contributed by atoms with Crippen LogP contribution < -0.4 is 20.6 Å². The van der Waals surface area contributed by atoms with E-state index >= 15 is 0 Å². The van der Waals surface area contributed by atoms with Gasteiger partial charge in [-0.05, 0) is 18.2 Å². The summed E-state index contributed by atoms with van der Waals surface area (Å²) in [6.45, 7) is 1.43. The van der Waals surface area contributed by atoms with Crippen molar-refractivity contribution in [1.82, 2.24) is 5.32 Å². The number of carboxylic acid groups (broad SMARTS) is 1. The van der Waals surface area contributed by atoms with Gasteiger partial charge < -0.3 is 20.1 Å². The number of rotatable bonds is 4. The van der Waals surface area contributed by atoms with Gasteiger partial charge in [0.25, 0.3) is 17.7 Å². The molecule has 24 heavy (non-hydrogen) atoms. The number of carboxylic acids is 1. The van der Waals surface area contributed by atoms with E-state index in [-0.39, 0.29) is 18.0 Å². The monoisotopic (exact) mass is 331 g/mol. The predicted molar refractivity (Wildman–Crippen MR) is 80.2 cm³/mol. The standard InChI is InChI=1S/C16H17N3O5/c20-13(8-19-5-3-9(4-6-19)16(23)24)17-10-1-2-11-12(7-10)15(22)18-14(11)21/h1-2,7,9H,3-6,8H2,(H,17,20)(H,23,24)(H,18,21,22). The Morgan fingerprint density at radius 1 is 1.17 bits per heavy atom. The summed E-state index contributed by atoms with van der Waals surface area (Å²) in [6, 6.07) is 4.56. The second-order valence-electron chi connectivity index (χ2n) is 6.11. The second kappa shape index (κ2) is 6.40. The lowest BCUT2D eigenvalue weighted by molar-refractivity contribution is -0.897. The zero-order valence-electron chi connectivity index (χ0n) is 12.9. The fourth-order valence-corrected chi connectivity index (χ4v) is 3.12. The summed E-state index contributed by atoms with van der Waals surface area (Å²) in [6.07, 6.45) is 1.01. The Morgan fingerprint density at radius 2 is 1.83 bits per heavy atom. The highest BCUT2D eigenvalue weighted by molar-refractivity contribution is 6.22. The van der Waals surface area contributed by atoms with Crippen LogP contribution in [0.25, 0.3) is 0 Å². The molecule has 2 aliphatic rings. The first-order chi connectivity index (χ1) is 11.4. The Labute approximate surface area is 137 Å². The molecule has 0 aromatic heterocycles. The number of carbonyl (C=O) groups excluding carboxylic acids is 4. The first kappa shape index (κ1) is 16.1. The molecule has 0 radical (unpaired) electrons. The lowest BCUT2D eigenvalue weighted by atomic mass is 9.97. The lowest BCUT2D eigenvalue weighted by Gasteiger charge is -2.29. The third-order valence-corrected chi connectivity index (χ3v) is 4.46. The molecule has 0 atom stereocenters. The number of hydrogen-bond acceptors (Lipinski definition) is 5. The van der Waals surface area contributed by atoms with Gasteiger partial charge in [-0.25, -0.2) is 0 Å². The zero-order chi connectivity index (χ0) is 17.3. The molecule has 0 saturated carbocycles. The summed E-state index contributed by atoms with van der Waals surface area (Å²) < 4.78 is 0. The number of piperidine rings is 1. The van der Waals surface area contributed by atoms with Gasteiger partial charge in [-0.3, -0.25) is 19.7 Å². The van der Waals surface area contributed by atoms with E-state index in [0.717, 1.165) is 4.90 Å². The summed E-state index contributed by atoms with van der Waals surface area (Å²) >= 11 is 0. The Kier molecular flexibility index (Phi) is 4.30. The molecule has 3 amide bonds. The third kappa shape index (κ3) is 3.28. The molecule has 0 aliphatic carbocycles. The van der Waals surface area contributed by atoms with Crippen molar-refractivity contribution in [3.05, 3.63) is 29.3 Å². The molecule has 2 heterocycles. The average molecular weight is 331 g/mol. The quantitative estimate of drug-likeness (QED) is 0.529. The average Bonchev–Trinajstić information content (AvgIpc) is 2.82. The topological polar surface area (TPSA) is 120 Å². The molecule has 3 N–H and O–H groups in total. The second-order valence-corrected chi connectivity index (χ2v) is 6.11. The summed E-state index contributed by atoms with van der Waals surface area (Å²) in [7, 11) is 0. The molecule has 0 spiro atoms. The smallest absolute Gasteiger partial charge is 0.279 e. The molecule has 3 rings (SSSR count). The summed E-state index contributed by atoms with van der Waals surface area (Å²) in [5.74, 6) is -2.58. The molecule has 0 unspecified atom stereocenters. The van der Waals surface area contributed by atoms with E-state index in [0.29, 0.717) is 37.2 Å². The molecular formula is C16H17N3O5. The lowest BCUT2D eigenvalue weighted by Crippen LogP contribution is -3.14. The zero-order valence-corrected chi connectivity index (χ0v) is 12.9. The first-order valence-electron chi connectivity index (χ1n) is 7.78. The molecule has 0 bridgehead atoms. The highest BCUT2D eigenvalue weighted by atomic mass is 16.4. The predicted octanol–water partition coefficient (Wildman–Crippen LogP) is -2.45. The van der Waals surface area contributed by atoms with Crippen LogP contribution in [0.5, 0.6) is 0 Å². The van der Waals surface area contributed by atoms with Crippen LogP contribution in [0.15, 0.2) is 18.2 Å². The van der Waals surface area contributed by atoms with E-state index in [1.54, 1.807) is 6.07 Å². The minimum atomic E-state index is -1.02. The number of fused-ring (bicyclic) bond motifs is 1. The third-order valence-electron chi connectivity index (χ3n) is 4.46. The number of hydrogen-bond donors (Lipinski definition) is 3. The maximum atomic E-state index is 12.1. The Balaban J connectivity index is 1.56. The fourth-order valence-electron chi connectivity index (χ4n) is 3.12. The molecule has 1 aromatic rings. The minimum absolute atomic E-state index is 0.221. The maximum absolute atomic E-state index is 12.1. The van der Waals surface area contributed by atoms with Gasteiger partial charge in [-0.2, -0.15) is 0 Å². The highest BCUT2D eigenvalue weighted by Crippen LogP contribution is 2.20. The van der Waals surface area contributed by atoms with Gasteiger partial charge in [0.05, 0.1) is 24.2 Å². The van der Waals surface area contributed by atoms with Crippen LogP contribution in [-0.2, 0) is 9.59 Å². The van der Waals surface area contributed by atoms with Crippen molar-refractivity contribution < 1.29 is 29.2 Å². The van der Waals surface area contributed by atoms with Crippen molar-refractivity contribution in [3.63, 3.8) is 0 Å². The van der Waals surface area contributed by atoms with Gasteiger partial charge in [0.2, 0.25) is 0 Å². The largest absolute Gasteiger partial charge is 0.550 e. The van der Waals surface area contributed by atoms with E-state index in [1.807, 2.05) is 0 Å². The molecule has 8 nitrogen and oxygen atoms in total. The van der Waals surface area contributed by atoms with E-state index in [9.17, 15) is 24.3 Å². The van der Waals surface area contributed by atoms with Gasteiger partial charge in [0.15, 0.2) is 6.54 Å². The van der Waals surface area contributed by atoms with E-state index < -0.39 is 23.7 Å². The highest BCUT2D eigenvalue weighted by Gasteiger charge is 2.27. The number of aliphatic carboxylic acids is 1. The molecular weight excluding hydrogens is 314 g/mol. The van der Waals surface area contributed by atoms with E-state index in [1.165, 1.54) is 12.1 Å². The van der Waals surface area contributed by atoms with Crippen LogP contribution in [0.1, 0.15) is 33.6 Å². The number of likely N-dealkylation sites (tertiary alicyclic amines) is 1. The van der Waals surface area contributed by atoms with Crippen LogP contribution in [0.2, 0.25) is 0 Å². The van der Waals surface area contributed by atoms with Crippen LogP contribution in [0.4, 0.5) is 5.69 Å². The van der Waals surface area contributed by atoms with Crippen molar-refractivity contribution in [1.29, 1.82) is 0 Å². The van der Waals surface area contributed by atoms with Gasteiger partial charge in [-0.15, -0.1) is 0 Å². The van der Waals surface area contributed by atoms with Crippen molar-refractivity contribution in [2.75, 3.05) is 25.0 Å². The van der Waals surface area contributed by atoms with Crippen LogP contribution in [-0.4, -0.2) is 43.3 Å². The van der Waals surface area contributed by atoms with Crippen molar-refractivity contribution >= 4 is 29.4 Å². The Bertz CT molecular complexity index is 722. The van der Waals surface area contributed by atoms with Crippen LogP contribution in [0.3, 0.4) is 0 Å². The maximum Gasteiger partial charge on any atom is 0.279 e. The molecule has 1 saturated heterocycles. The Hall–Kier alpha value is -2.74. The first-order valence-corrected chi connectivity index (χ1v) is 7.78. The SMILES string of the molecule is O=C(C[NH+]1CCC(C(=O)[O-])CC1)Nc1ccc2c(c1)C(=O)NC2=O. The van der Waals surface area contributed by atoms with Crippen molar-refractivity contribution in [3.8, 4) is 0 Å². The number of carbonyl (C=O) groups is 4. The van der Waals surface area contributed by atoms with E-state index in [2.05, 4.69) is 10.6 Å². The van der Waals surface area contributed by atoms with Crippen molar-refractivity contribution in [2.45, 2.75) is 12.8 Å². The molecule has 2 aliphatic heterocycles. The van der Waals surface area contributed by atoms with Crippen molar-refractivity contribution in [2.24, 2.45) is 5.92 Å². The Morgan fingerprint density at radius 3 is 2.50 bits per heavy atom. The molecule has 126 valence electrons. The van der Waals surface area contributed by atoms with Gasteiger partial charge >= 0.3 is 0 Å². The van der Waals surface area contributed by atoms with E-state index in [4.69, 9.17) is 0 Å². The molecule has 1 aromatic carbocycles. The van der Waals surface area contributed by atoms with Gasteiger partial charge in [0.1, 0.15) is 0 Å². The van der Waals surface area contributed by atoms with Gasteiger partial charge in [-0.1, -0.05) is 0 Å². The van der Waals surface area contributed by atoms with Crippen LogP contribution >= 0.6 is 0 Å². The number of anilines is 1. The van der Waals surface area contributed by atoms with Crippen LogP contribution in [0, 0.1) is 5.92 Å². The molecule has 1 fully saturated rings. The fraction of sp³-hybridized carbons (Fsp3) is 0.375. The number of imide groups is 1. The number of amides is 3. The summed E-state index contributed by atoms with van der Waals surface area (Å²) in [5, 5.41) is 15.7. The summed E-state index contributed by atoms with van der Waals surface area (Å²) in [5.41, 5.74) is 1.00. The van der Waals surface area contributed by atoms with Gasteiger partial charge in [0, 0.05) is 30.4 Å². The molecule has 8 heteroatoms. The minimum Gasteiger partial charge on any atom is -0.550 e.